The zero-order chi connectivity index (χ0) is 17.0. The molecule has 2 aromatic rings. The summed E-state index contributed by atoms with van der Waals surface area (Å²) in [5.74, 6) is -0.370. The van der Waals surface area contributed by atoms with Gasteiger partial charge in [0.2, 0.25) is 0 Å². The van der Waals surface area contributed by atoms with Crippen LogP contribution >= 0.6 is 0 Å². The number of nitrogens with zero attached hydrogens (tertiary/aromatic N) is 2. The smallest absolute Gasteiger partial charge is 0.465 e. The summed E-state index contributed by atoms with van der Waals surface area (Å²) in [7, 11) is 2.66. The van der Waals surface area contributed by atoms with E-state index in [0.29, 0.717) is 5.56 Å². The van der Waals surface area contributed by atoms with E-state index in [1.807, 2.05) is 40.8 Å². The first-order valence-corrected chi connectivity index (χ1v) is 7.57. The van der Waals surface area contributed by atoms with Crippen LogP contribution in [-0.4, -0.2) is 41.2 Å². The number of hydrogen-bond donors (Lipinski definition) is 0. The minimum Gasteiger partial charge on any atom is -0.465 e. The maximum atomic E-state index is 11.7. The minimum absolute atomic E-state index is 0.370. The first-order valence-electron chi connectivity index (χ1n) is 7.57. The Morgan fingerprint density at radius 2 is 1.83 bits per heavy atom. The first kappa shape index (κ1) is 16.0. The van der Waals surface area contributed by atoms with E-state index in [-0.39, 0.29) is 5.97 Å². The Bertz CT molecular complexity index is 766. The van der Waals surface area contributed by atoms with Crippen LogP contribution in [0.4, 0.5) is 0 Å². The molecule has 0 bridgehead atoms. The Morgan fingerprint density at radius 3 is 2.39 bits per heavy atom. The number of hydrogen-bond acceptors (Lipinski definition) is 5. The second-order valence-corrected chi connectivity index (χ2v) is 6.82. The lowest BCUT2D eigenvalue weighted by Gasteiger charge is -2.32. The van der Waals surface area contributed by atoms with Crippen molar-refractivity contribution in [1.29, 1.82) is 0 Å². The average molecular weight is 316 g/mol. The number of carbonyl (C=O) groups is 1. The average Bonchev–Trinajstić information content (AvgIpc) is 2.92. The molecule has 7 heteroatoms. The summed E-state index contributed by atoms with van der Waals surface area (Å²) in [6.45, 7) is 8.03. The standard InChI is InChI=1S/C16H21BN2O4/c1-15(2)16(3,4)23-17(22-15)13-11-8-7-10(14(20)21-6)9-12(11)19(5)18-13/h7-9H,1-6H3. The third-order valence-electron chi connectivity index (χ3n) is 4.78. The molecule has 6 nitrogen and oxygen atoms in total. The zero-order valence-electron chi connectivity index (χ0n) is 14.3. The molecule has 2 heterocycles. The molecule has 1 aliphatic heterocycles. The van der Waals surface area contributed by atoms with Crippen LogP contribution in [0, 0.1) is 0 Å². The summed E-state index contributed by atoms with van der Waals surface area (Å²) in [4.78, 5) is 11.7. The molecule has 1 saturated heterocycles. The molecule has 1 aliphatic rings. The van der Waals surface area contributed by atoms with Gasteiger partial charge in [0.1, 0.15) is 5.59 Å². The lowest BCUT2D eigenvalue weighted by atomic mass is 9.82. The number of aromatic nitrogens is 2. The van der Waals surface area contributed by atoms with E-state index >= 15 is 0 Å². The largest absolute Gasteiger partial charge is 0.517 e. The number of ether oxygens (including phenoxy) is 1. The Kier molecular flexibility index (Phi) is 3.53. The van der Waals surface area contributed by atoms with Gasteiger partial charge in [-0.1, -0.05) is 6.07 Å². The van der Waals surface area contributed by atoms with E-state index in [9.17, 15) is 4.79 Å². The van der Waals surface area contributed by atoms with Gasteiger partial charge in [-0.05, 0) is 39.8 Å². The summed E-state index contributed by atoms with van der Waals surface area (Å²) in [6, 6.07) is 5.35. The van der Waals surface area contributed by atoms with Gasteiger partial charge in [0.25, 0.3) is 0 Å². The molecule has 0 saturated carbocycles. The third kappa shape index (κ3) is 2.44. The van der Waals surface area contributed by atoms with Crippen molar-refractivity contribution in [3.05, 3.63) is 23.8 Å². The predicted octanol–water partition coefficient (Wildman–Crippen LogP) is 1.66. The van der Waals surface area contributed by atoms with Gasteiger partial charge < -0.3 is 14.0 Å². The molecule has 0 amide bonds. The number of rotatable bonds is 2. The van der Waals surface area contributed by atoms with Gasteiger partial charge in [0.15, 0.2) is 0 Å². The topological polar surface area (TPSA) is 62.6 Å². The lowest BCUT2D eigenvalue weighted by molar-refractivity contribution is 0.00578. The van der Waals surface area contributed by atoms with E-state index in [2.05, 4.69) is 5.10 Å². The van der Waals surface area contributed by atoms with Crippen LogP contribution in [0.25, 0.3) is 10.9 Å². The van der Waals surface area contributed by atoms with Crippen LogP contribution in [-0.2, 0) is 21.1 Å². The van der Waals surface area contributed by atoms with Gasteiger partial charge in [-0.2, -0.15) is 5.10 Å². The molecule has 0 aliphatic carbocycles. The SMILES string of the molecule is COC(=O)c1ccc2c(B3OC(C)(C)C(C)(C)O3)nn(C)c2c1. The maximum Gasteiger partial charge on any atom is 0.517 e. The van der Waals surface area contributed by atoms with E-state index in [4.69, 9.17) is 14.0 Å². The second kappa shape index (κ2) is 5.07. The molecule has 1 aromatic heterocycles. The predicted molar refractivity (Wildman–Crippen MR) is 87.8 cm³/mol. The molecule has 1 aromatic carbocycles. The van der Waals surface area contributed by atoms with Crippen molar-refractivity contribution >= 4 is 29.6 Å². The molecular weight excluding hydrogens is 295 g/mol. The fraction of sp³-hybridized carbons (Fsp3) is 0.500. The molecule has 3 rings (SSSR count). The summed E-state index contributed by atoms with van der Waals surface area (Å²) in [5, 5.41) is 5.45. The van der Waals surface area contributed by atoms with Gasteiger partial charge in [-0.15, -0.1) is 0 Å². The van der Waals surface area contributed by atoms with Crippen LogP contribution in [0.2, 0.25) is 0 Å². The van der Waals surface area contributed by atoms with Gasteiger partial charge in [-0.3, -0.25) is 4.68 Å². The summed E-state index contributed by atoms with van der Waals surface area (Å²) in [6.07, 6.45) is 0. The van der Waals surface area contributed by atoms with E-state index in [1.165, 1.54) is 7.11 Å². The van der Waals surface area contributed by atoms with Crippen LogP contribution < -0.4 is 5.59 Å². The summed E-state index contributed by atoms with van der Waals surface area (Å²) in [5.41, 5.74) is 1.19. The highest BCUT2D eigenvalue weighted by molar-refractivity contribution is 6.64. The Balaban J connectivity index is 2.05. The fourth-order valence-corrected chi connectivity index (χ4v) is 2.66. The van der Waals surface area contributed by atoms with Gasteiger partial charge in [0.05, 0.1) is 29.4 Å². The van der Waals surface area contributed by atoms with Crippen LogP contribution in [0.3, 0.4) is 0 Å². The second-order valence-electron chi connectivity index (χ2n) is 6.82. The molecule has 0 unspecified atom stereocenters. The quantitative estimate of drug-likeness (QED) is 0.623. The van der Waals surface area contributed by atoms with Crippen molar-refractivity contribution in [1.82, 2.24) is 9.78 Å². The zero-order valence-corrected chi connectivity index (χ0v) is 14.3. The highest BCUT2D eigenvalue weighted by atomic mass is 16.7. The number of aryl methyl sites for hydroxylation is 1. The number of carbonyl (C=O) groups excluding carboxylic acids is 1. The van der Waals surface area contributed by atoms with Crippen molar-refractivity contribution in [2.45, 2.75) is 38.9 Å². The van der Waals surface area contributed by atoms with Crippen molar-refractivity contribution < 1.29 is 18.8 Å². The Hall–Kier alpha value is -1.86. The van der Waals surface area contributed by atoms with Crippen LogP contribution in [0.15, 0.2) is 18.2 Å². The molecular formula is C16H21BN2O4. The molecule has 1 fully saturated rings. The van der Waals surface area contributed by atoms with Crippen molar-refractivity contribution in [3.8, 4) is 0 Å². The Labute approximate surface area is 135 Å². The van der Waals surface area contributed by atoms with Gasteiger partial charge in [-0.25, -0.2) is 4.79 Å². The minimum atomic E-state index is -0.535. The van der Waals surface area contributed by atoms with Crippen molar-refractivity contribution in [2.24, 2.45) is 7.05 Å². The van der Waals surface area contributed by atoms with Crippen molar-refractivity contribution in [2.75, 3.05) is 7.11 Å². The molecule has 23 heavy (non-hydrogen) atoms. The normalized spacial score (nSPS) is 19.3. The van der Waals surface area contributed by atoms with E-state index in [0.717, 1.165) is 16.5 Å². The monoisotopic (exact) mass is 316 g/mol. The van der Waals surface area contributed by atoms with E-state index < -0.39 is 18.3 Å². The maximum absolute atomic E-state index is 11.7. The third-order valence-corrected chi connectivity index (χ3v) is 4.78. The van der Waals surface area contributed by atoms with E-state index in [1.54, 1.807) is 16.8 Å². The first-order chi connectivity index (χ1) is 10.7. The lowest BCUT2D eigenvalue weighted by Crippen LogP contribution is -2.41. The van der Waals surface area contributed by atoms with Gasteiger partial charge >= 0.3 is 13.1 Å². The highest BCUT2D eigenvalue weighted by Crippen LogP contribution is 2.36. The Morgan fingerprint density at radius 1 is 1.22 bits per heavy atom. The molecule has 0 atom stereocenters. The molecule has 0 spiro atoms. The number of esters is 1. The van der Waals surface area contributed by atoms with Crippen molar-refractivity contribution in [3.63, 3.8) is 0 Å². The fourth-order valence-electron chi connectivity index (χ4n) is 2.66. The summed E-state index contributed by atoms with van der Waals surface area (Å²) < 4.78 is 18.7. The highest BCUT2D eigenvalue weighted by Gasteiger charge is 2.53. The molecule has 0 N–H and O–H groups in total. The van der Waals surface area contributed by atoms with Crippen LogP contribution in [0.1, 0.15) is 38.1 Å². The number of methoxy groups -OCH3 is 1. The number of benzene rings is 1. The molecule has 0 radical (unpaired) electrons. The molecule has 122 valence electrons. The van der Waals surface area contributed by atoms with Gasteiger partial charge in [0, 0.05) is 12.4 Å². The summed E-state index contributed by atoms with van der Waals surface area (Å²) >= 11 is 0. The van der Waals surface area contributed by atoms with Crippen LogP contribution in [0.5, 0.6) is 0 Å². The number of fused-ring (bicyclic) bond motifs is 1.